The van der Waals surface area contributed by atoms with Gasteiger partial charge in [-0.1, -0.05) is 68.1 Å². The summed E-state index contributed by atoms with van der Waals surface area (Å²) >= 11 is 1.43. The van der Waals surface area contributed by atoms with E-state index in [9.17, 15) is 4.79 Å². The third-order valence-electron chi connectivity index (χ3n) is 5.05. The standard InChI is InChI=1S/C21H28N4OS/c1-3-13-25-19(14-17-10-5-4-6-11-17)23-24-21(25)27-15-20(26)22-18-12-8-7-9-16(18)2/h3,7-9,12,17H,1,4-6,10-11,13-15H2,2H3,(H,22,26). The highest BCUT2D eigenvalue weighted by molar-refractivity contribution is 7.99. The van der Waals surface area contributed by atoms with E-state index >= 15 is 0 Å². The molecule has 0 saturated heterocycles. The zero-order valence-electron chi connectivity index (χ0n) is 16.0. The van der Waals surface area contributed by atoms with Crippen molar-refractivity contribution in [3.63, 3.8) is 0 Å². The summed E-state index contributed by atoms with van der Waals surface area (Å²) in [5.74, 6) is 2.00. The molecule has 27 heavy (non-hydrogen) atoms. The molecular formula is C21H28N4OS. The smallest absolute Gasteiger partial charge is 0.234 e. The molecule has 2 aromatic rings. The van der Waals surface area contributed by atoms with Gasteiger partial charge in [-0.25, -0.2) is 0 Å². The van der Waals surface area contributed by atoms with Crippen LogP contribution >= 0.6 is 11.8 Å². The molecule has 1 amide bonds. The number of nitrogens with one attached hydrogen (secondary N) is 1. The van der Waals surface area contributed by atoms with Gasteiger partial charge >= 0.3 is 0 Å². The lowest BCUT2D eigenvalue weighted by Crippen LogP contribution is -2.16. The summed E-state index contributed by atoms with van der Waals surface area (Å²) in [6.45, 7) is 6.52. The Kier molecular flexibility index (Phi) is 7.10. The molecule has 0 bridgehead atoms. The third-order valence-corrected chi connectivity index (χ3v) is 6.02. The number of rotatable bonds is 8. The van der Waals surface area contributed by atoms with Gasteiger partial charge in [0.15, 0.2) is 5.16 Å². The van der Waals surface area contributed by atoms with Crippen molar-refractivity contribution in [3.05, 3.63) is 48.3 Å². The van der Waals surface area contributed by atoms with E-state index in [1.807, 2.05) is 37.3 Å². The first-order chi connectivity index (χ1) is 13.2. The quantitative estimate of drug-likeness (QED) is 0.533. The van der Waals surface area contributed by atoms with Gasteiger partial charge in [-0.15, -0.1) is 16.8 Å². The van der Waals surface area contributed by atoms with Crippen LogP contribution in [0, 0.1) is 12.8 Å². The second-order valence-corrected chi connectivity index (χ2v) is 8.10. The van der Waals surface area contributed by atoms with Gasteiger partial charge in [-0.3, -0.25) is 4.79 Å². The molecule has 1 heterocycles. The number of anilines is 1. The number of amides is 1. The molecule has 6 heteroatoms. The van der Waals surface area contributed by atoms with Crippen LogP contribution in [0.25, 0.3) is 0 Å². The summed E-state index contributed by atoms with van der Waals surface area (Å²) < 4.78 is 2.10. The van der Waals surface area contributed by atoms with Gasteiger partial charge in [-0.2, -0.15) is 0 Å². The summed E-state index contributed by atoms with van der Waals surface area (Å²) in [5.41, 5.74) is 1.91. The second-order valence-electron chi connectivity index (χ2n) is 7.16. The van der Waals surface area contributed by atoms with Crippen LogP contribution in [0.4, 0.5) is 5.69 Å². The highest BCUT2D eigenvalue weighted by Gasteiger charge is 2.19. The highest BCUT2D eigenvalue weighted by Crippen LogP contribution is 2.27. The van der Waals surface area contributed by atoms with Crippen LogP contribution < -0.4 is 5.32 Å². The summed E-state index contributed by atoms with van der Waals surface area (Å²) in [4.78, 5) is 12.3. The largest absolute Gasteiger partial charge is 0.325 e. The minimum Gasteiger partial charge on any atom is -0.325 e. The van der Waals surface area contributed by atoms with Gasteiger partial charge in [-0.05, 0) is 24.5 Å². The number of carbonyl (C=O) groups is 1. The predicted octanol–water partition coefficient (Wildman–Crippen LogP) is 4.63. The number of hydrogen-bond acceptors (Lipinski definition) is 4. The van der Waals surface area contributed by atoms with E-state index in [0.29, 0.717) is 18.2 Å². The number of aromatic nitrogens is 3. The van der Waals surface area contributed by atoms with Crippen LogP contribution in [0.2, 0.25) is 0 Å². The lowest BCUT2D eigenvalue weighted by Gasteiger charge is -2.21. The van der Waals surface area contributed by atoms with Crippen molar-refractivity contribution in [2.45, 2.75) is 57.1 Å². The zero-order chi connectivity index (χ0) is 19.1. The Labute approximate surface area is 165 Å². The van der Waals surface area contributed by atoms with E-state index in [1.165, 1.54) is 43.9 Å². The number of nitrogens with zero attached hydrogens (tertiary/aromatic N) is 3. The number of allylic oxidation sites excluding steroid dienone is 1. The van der Waals surface area contributed by atoms with Crippen molar-refractivity contribution in [1.29, 1.82) is 0 Å². The van der Waals surface area contributed by atoms with Gasteiger partial charge in [0, 0.05) is 18.7 Å². The lowest BCUT2D eigenvalue weighted by atomic mass is 9.87. The maximum atomic E-state index is 12.3. The third kappa shape index (κ3) is 5.45. The number of hydrogen-bond donors (Lipinski definition) is 1. The molecule has 1 aliphatic rings. The van der Waals surface area contributed by atoms with E-state index in [1.54, 1.807) is 0 Å². The van der Waals surface area contributed by atoms with E-state index in [2.05, 4.69) is 26.7 Å². The van der Waals surface area contributed by atoms with Crippen molar-refractivity contribution in [1.82, 2.24) is 14.8 Å². The van der Waals surface area contributed by atoms with Crippen molar-refractivity contribution < 1.29 is 4.79 Å². The summed E-state index contributed by atoms with van der Waals surface area (Å²) in [6, 6.07) is 7.79. The van der Waals surface area contributed by atoms with Gasteiger partial charge in [0.25, 0.3) is 0 Å². The second kappa shape index (κ2) is 9.74. The average molecular weight is 385 g/mol. The van der Waals surface area contributed by atoms with Gasteiger partial charge in [0.1, 0.15) is 5.82 Å². The molecule has 0 unspecified atom stereocenters. The summed E-state index contributed by atoms with van der Waals surface area (Å²) in [6.07, 6.45) is 9.39. The van der Waals surface area contributed by atoms with E-state index in [0.717, 1.165) is 28.7 Å². The fourth-order valence-electron chi connectivity index (χ4n) is 3.57. The van der Waals surface area contributed by atoms with Crippen LogP contribution in [-0.2, 0) is 17.8 Å². The SMILES string of the molecule is C=CCn1c(CC2CCCCC2)nnc1SCC(=O)Nc1ccccc1C. The molecule has 3 rings (SSSR count). The molecule has 1 saturated carbocycles. The maximum Gasteiger partial charge on any atom is 0.234 e. The molecule has 1 aliphatic carbocycles. The summed E-state index contributed by atoms with van der Waals surface area (Å²) in [7, 11) is 0. The van der Waals surface area contributed by atoms with Crippen LogP contribution in [0.15, 0.2) is 42.1 Å². The summed E-state index contributed by atoms with van der Waals surface area (Å²) in [5, 5.41) is 12.5. The molecule has 1 aromatic heterocycles. The van der Waals surface area contributed by atoms with E-state index in [4.69, 9.17) is 0 Å². The molecule has 0 aliphatic heterocycles. The van der Waals surface area contributed by atoms with Gasteiger partial charge in [0.05, 0.1) is 5.75 Å². The highest BCUT2D eigenvalue weighted by atomic mass is 32.2. The van der Waals surface area contributed by atoms with Crippen LogP contribution in [0.5, 0.6) is 0 Å². The van der Waals surface area contributed by atoms with E-state index in [-0.39, 0.29) is 5.91 Å². The Morgan fingerprint density at radius 3 is 2.81 bits per heavy atom. The fraction of sp³-hybridized carbons (Fsp3) is 0.476. The van der Waals surface area contributed by atoms with Gasteiger partial charge < -0.3 is 9.88 Å². The first-order valence-electron chi connectivity index (χ1n) is 9.68. The average Bonchev–Trinajstić information content (AvgIpc) is 3.05. The number of para-hydroxylation sites is 1. The minimum absolute atomic E-state index is 0.0312. The maximum absolute atomic E-state index is 12.3. The molecule has 0 radical (unpaired) electrons. The Hall–Kier alpha value is -2.08. The molecule has 1 N–H and O–H groups in total. The minimum atomic E-state index is -0.0312. The Balaban J connectivity index is 1.61. The van der Waals surface area contributed by atoms with Crippen molar-refractivity contribution in [2.24, 2.45) is 5.92 Å². The molecule has 0 atom stereocenters. The van der Waals surface area contributed by atoms with Crippen LogP contribution in [0.3, 0.4) is 0 Å². The topological polar surface area (TPSA) is 59.8 Å². The van der Waals surface area contributed by atoms with Gasteiger partial charge in [0.2, 0.25) is 5.91 Å². The number of carbonyl (C=O) groups excluding carboxylic acids is 1. The lowest BCUT2D eigenvalue weighted by molar-refractivity contribution is -0.113. The molecule has 5 nitrogen and oxygen atoms in total. The molecular weight excluding hydrogens is 356 g/mol. The number of benzene rings is 1. The number of thioether (sulfide) groups is 1. The van der Waals surface area contributed by atoms with Crippen LogP contribution in [0.1, 0.15) is 43.5 Å². The predicted molar refractivity (Wildman–Crippen MR) is 111 cm³/mol. The van der Waals surface area contributed by atoms with Crippen molar-refractivity contribution in [3.8, 4) is 0 Å². The van der Waals surface area contributed by atoms with Crippen LogP contribution in [-0.4, -0.2) is 26.4 Å². The van der Waals surface area contributed by atoms with Crippen molar-refractivity contribution in [2.75, 3.05) is 11.1 Å². The molecule has 0 spiro atoms. The monoisotopic (exact) mass is 384 g/mol. The van der Waals surface area contributed by atoms with Crippen molar-refractivity contribution >= 4 is 23.4 Å². The Morgan fingerprint density at radius 1 is 1.30 bits per heavy atom. The fourth-order valence-corrected chi connectivity index (χ4v) is 4.33. The zero-order valence-corrected chi connectivity index (χ0v) is 16.8. The molecule has 144 valence electrons. The molecule has 1 fully saturated rings. The Morgan fingerprint density at radius 2 is 2.07 bits per heavy atom. The normalized spacial score (nSPS) is 14.9. The number of aryl methyl sites for hydroxylation is 1. The first kappa shape index (κ1) is 19.7. The Bertz CT molecular complexity index is 780. The first-order valence-corrected chi connectivity index (χ1v) is 10.7. The van der Waals surface area contributed by atoms with E-state index < -0.39 is 0 Å². The molecule has 1 aromatic carbocycles.